The molecule has 24 heavy (non-hydrogen) atoms. The Morgan fingerprint density at radius 1 is 1.00 bits per heavy atom. The molecule has 0 aliphatic carbocycles. The SMILES string of the molecule is FC(F)(F)c1cn(-c2ccc(Br)cc2)c(OCc2ccccc2)n1. The van der Waals surface area contributed by atoms with Crippen LogP contribution in [-0.2, 0) is 12.8 Å². The van der Waals surface area contributed by atoms with Crippen molar-refractivity contribution in [2.24, 2.45) is 0 Å². The third kappa shape index (κ3) is 3.79. The van der Waals surface area contributed by atoms with Crippen LogP contribution in [0.5, 0.6) is 6.01 Å². The van der Waals surface area contributed by atoms with Crippen LogP contribution >= 0.6 is 15.9 Å². The maximum absolute atomic E-state index is 13.0. The molecule has 3 rings (SSSR count). The minimum Gasteiger partial charge on any atom is -0.460 e. The van der Waals surface area contributed by atoms with E-state index in [-0.39, 0.29) is 12.6 Å². The van der Waals surface area contributed by atoms with Crippen molar-refractivity contribution in [2.75, 3.05) is 0 Å². The Labute approximate surface area is 144 Å². The average molecular weight is 397 g/mol. The van der Waals surface area contributed by atoms with Crippen molar-refractivity contribution in [3.05, 3.63) is 76.5 Å². The molecule has 0 saturated heterocycles. The number of rotatable bonds is 4. The van der Waals surface area contributed by atoms with Crippen molar-refractivity contribution in [3.8, 4) is 11.7 Å². The molecule has 1 heterocycles. The highest BCUT2D eigenvalue weighted by Gasteiger charge is 2.35. The molecule has 0 atom stereocenters. The lowest BCUT2D eigenvalue weighted by Crippen LogP contribution is -2.05. The van der Waals surface area contributed by atoms with Gasteiger partial charge in [0, 0.05) is 10.7 Å². The van der Waals surface area contributed by atoms with E-state index in [2.05, 4.69) is 20.9 Å². The van der Waals surface area contributed by atoms with E-state index in [9.17, 15) is 13.2 Å². The zero-order valence-electron chi connectivity index (χ0n) is 12.3. The molecule has 3 aromatic rings. The van der Waals surface area contributed by atoms with Gasteiger partial charge in [-0.15, -0.1) is 0 Å². The number of benzene rings is 2. The van der Waals surface area contributed by atoms with Crippen LogP contribution in [0.25, 0.3) is 5.69 Å². The van der Waals surface area contributed by atoms with E-state index in [4.69, 9.17) is 4.74 Å². The van der Waals surface area contributed by atoms with E-state index in [0.29, 0.717) is 5.69 Å². The first kappa shape index (κ1) is 16.6. The zero-order valence-corrected chi connectivity index (χ0v) is 13.9. The number of alkyl halides is 3. The van der Waals surface area contributed by atoms with E-state index >= 15 is 0 Å². The van der Waals surface area contributed by atoms with E-state index in [1.165, 1.54) is 4.57 Å². The van der Waals surface area contributed by atoms with Crippen molar-refractivity contribution in [2.45, 2.75) is 12.8 Å². The van der Waals surface area contributed by atoms with Gasteiger partial charge in [0.05, 0.1) is 5.69 Å². The second kappa shape index (κ2) is 6.68. The molecule has 0 amide bonds. The molecule has 3 nitrogen and oxygen atoms in total. The Hall–Kier alpha value is -2.28. The predicted octanol–water partition coefficient (Wildman–Crippen LogP) is 5.23. The molecule has 0 aliphatic heterocycles. The Morgan fingerprint density at radius 2 is 1.67 bits per heavy atom. The maximum Gasteiger partial charge on any atom is 0.435 e. The van der Waals surface area contributed by atoms with Gasteiger partial charge in [0.15, 0.2) is 5.69 Å². The minimum absolute atomic E-state index is 0.103. The average Bonchev–Trinajstić information content (AvgIpc) is 2.99. The third-order valence-corrected chi connectivity index (χ3v) is 3.81. The van der Waals surface area contributed by atoms with Gasteiger partial charge >= 0.3 is 12.2 Å². The summed E-state index contributed by atoms with van der Waals surface area (Å²) >= 11 is 3.30. The minimum atomic E-state index is -4.54. The topological polar surface area (TPSA) is 27.1 Å². The fraction of sp³-hybridized carbons (Fsp3) is 0.118. The summed E-state index contributed by atoms with van der Waals surface area (Å²) in [6, 6.07) is 15.9. The molecule has 0 radical (unpaired) electrons. The quantitative estimate of drug-likeness (QED) is 0.603. The van der Waals surface area contributed by atoms with Crippen molar-refractivity contribution < 1.29 is 17.9 Å². The largest absolute Gasteiger partial charge is 0.460 e. The first-order valence-electron chi connectivity index (χ1n) is 7.03. The van der Waals surface area contributed by atoms with Crippen LogP contribution in [0.4, 0.5) is 13.2 Å². The smallest absolute Gasteiger partial charge is 0.435 e. The van der Waals surface area contributed by atoms with Gasteiger partial charge in [-0.3, -0.25) is 4.57 Å². The lowest BCUT2D eigenvalue weighted by molar-refractivity contribution is -0.141. The number of hydrogen-bond donors (Lipinski definition) is 0. The van der Waals surface area contributed by atoms with Crippen LogP contribution in [0.3, 0.4) is 0 Å². The third-order valence-electron chi connectivity index (χ3n) is 3.28. The van der Waals surface area contributed by atoms with Crippen LogP contribution in [0, 0.1) is 0 Å². The summed E-state index contributed by atoms with van der Waals surface area (Å²) in [6.45, 7) is 0.131. The van der Waals surface area contributed by atoms with E-state index in [1.54, 1.807) is 24.3 Å². The van der Waals surface area contributed by atoms with Crippen LogP contribution in [0.15, 0.2) is 65.3 Å². The molecular weight excluding hydrogens is 385 g/mol. The maximum atomic E-state index is 13.0. The first-order valence-corrected chi connectivity index (χ1v) is 7.82. The van der Waals surface area contributed by atoms with E-state index < -0.39 is 11.9 Å². The van der Waals surface area contributed by atoms with Crippen molar-refractivity contribution in [3.63, 3.8) is 0 Å². The summed E-state index contributed by atoms with van der Waals surface area (Å²) in [7, 11) is 0. The highest BCUT2D eigenvalue weighted by molar-refractivity contribution is 9.10. The summed E-state index contributed by atoms with van der Waals surface area (Å²) in [5.41, 5.74) is 0.383. The molecule has 7 heteroatoms. The number of ether oxygens (including phenoxy) is 1. The van der Waals surface area contributed by atoms with Gasteiger partial charge in [-0.25, -0.2) is 0 Å². The molecule has 0 aliphatic rings. The Balaban J connectivity index is 1.93. The number of hydrogen-bond acceptors (Lipinski definition) is 2. The summed E-state index contributed by atoms with van der Waals surface area (Å²) < 4.78 is 46.6. The summed E-state index contributed by atoms with van der Waals surface area (Å²) in [5, 5.41) is 0. The van der Waals surface area contributed by atoms with Crippen LogP contribution < -0.4 is 4.74 Å². The van der Waals surface area contributed by atoms with Gasteiger partial charge in [-0.05, 0) is 29.8 Å². The van der Waals surface area contributed by atoms with Gasteiger partial charge in [0.25, 0.3) is 0 Å². The Bertz CT molecular complexity index is 814. The normalized spacial score (nSPS) is 11.5. The van der Waals surface area contributed by atoms with Gasteiger partial charge < -0.3 is 4.74 Å². The highest BCUT2D eigenvalue weighted by Crippen LogP contribution is 2.32. The highest BCUT2D eigenvalue weighted by atomic mass is 79.9. The molecule has 124 valence electrons. The zero-order chi connectivity index (χ0) is 17.2. The number of nitrogens with zero attached hydrogens (tertiary/aromatic N) is 2. The Kier molecular flexibility index (Phi) is 4.62. The van der Waals surface area contributed by atoms with Gasteiger partial charge in [0.1, 0.15) is 6.61 Å². The first-order chi connectivity index (χ1) is 11.4. The van der Waals surface area contributed by atoms with Gasteiger partial charge in [0.2, 0.25) is 0 Å². The summed E-state index contributed by atoms with van der Waals surface area (Å²) in [6.07, 6.45) is -3.60. The molecule has 0 N–H and O–H groups in total. The van der Waals surface area contributed by atoms with Crippen LogP contribution in [0.1, 0.15) is 11.3 Å². The lowest BCUT2D eigenvalue weighted by atomic mass is 10.2. The second-order valence-electron chi connectivity index (χ2n) is 5.03. The fourth-order valence-corrected chi connectivity index (χ4v) is 2.37. The van der Waals surface area contributed by atoms with Crippen molar-refractivity contribution in [1.29, 1.82) is 0 Å². The fourth-order valence-electron chi connectivity index (χ4n) is 2.11. The molecule has 0 spiro atoms. The molecule has 0 fully saturated rings. The van der Waals surface area contributed by atoms with Gasteiger partial charge in [-0.2, -0.15) is 18.2 Å². The molecule has 0 unspecified atom stereocenters. The summed E-state index contributed by atoms with van der Waals surface area (Å²) in [5.74, 6) is 0. The molecular formula is C17H12BrF3N2O. The van der Waals surface area contributed by atoms with Crippen LogP contribution in [-0.4, -0.2) is 9.55 Å². The second-order valence-corrected chi connectivity index (χ2v) is 5.94. The van der Waals surface area contributed by atoms with Gasteiger partial charge in [-0.1, -0.05) is 46.3 Å². The van der Waals surface area contributed by atoms with Crippen molar-refractivity contribution >= 4 is 15.9 Å². The van der Waals surface area contributed by atoms with E-state index in [0.717, 1.165) is 16.2 Å². The molecule has 0 saturated carbocycles. The van der Waals surface area contributed by atoms with Crippen molar-refractivity contribution in [1.82, 2.24) is 9.55 Å². The number of imidazole rings is 1. The summed E-state index contributed by atoms with van der Waals surface area (Å²) in [4.78, 5) is 3.60. The Morgan fingerprint density at radius 3 is 2.29 bits per heavy atom. The lowest BCUT2D eigenvalue weighted by Gasteiger charge is -2.09. The standard InChI is InChI=1S/C17H12BrF3N2O/c18-13-6-8-14(9-7-13)23-10-15(17(19,20)21)22-16(23)24-11-12-4-2-1-3-5-12/h1-10H,11H2. The molecule has 1 aromatic heterocycles. The predicted molar refractivity (Wildman–Crippen MR) is 87.0 cm³/mol. The van der Waals surface area contributed by atoms with Crippen LogP contribution in [0.2, 0.25) is 0 Å². The monoisotopic (exact) mass is 396 g/mol. The molecule has 2 aromatic carbocycles. The number of halogens is 4. The van der Waals surface area contributed by atoms with E-state index in [1.807, 2.05) is 30.3 Å². The number of aromatic nitrogens is 2. The molecule has 0 bridgehead atoms.